The molecule has 2 unspecified atom stereocenters. The fourth-order valence-corrected chi connectivity index (χ4v) is 4.47. The van der Waals surface area contributed by atoms with Gasteiger partial charge in [-0.3, -0.25) is 0 Å². The first-order valence-electron chi connectivity index (χ1n) is 5.42. The Morgan fingerprint density at radius 1 is 1.08 bits per heavy atom. The number of nitrogens with two attached hydrogens (primary N) is 1. The molecule has 0 spiro atoms. The molecular formula is C11H19N. The summed E-state index contributed by atoms with van der Waals surface area (Å²) < 4.78 is 0. The Kier molecular flexibility index (Phi) is 1.27. The maximum atomic E-state index is 6.23. The van der Waals surface area contributed by atoms with Gasteiger partial charge in [-0.2, -0.15) is 0 Å². The molecule has 0 aromatic heterocycles. The molecule has 4 aliphatic carbocycles. The van der Waals surface area contributed by atoms with Gasteiger partial charge in [-0.1, -0.05) is 6.92 Å². The molecule has 0 amide bonds. The van der Waals surface area contributed by atoms with Crippen molar-refractivity contribution in [1.29, 1.82) is 0 Å². The summed E-state index contributed by atoms with van der Waals surface area (Å²) in [6.07, 6.45) is 7.27. The van der Waals surface area contributed by atoms with Gasteiger partial charge in [0.1, 0.15) is 0 Å². The van der Waals surface area contributed by atoms with Gasteiger partial charge in [0.15, 0.2) is 0 Å². The van der Waals surface area contributed by atoms with Crippen molar-refractivity contribution in [2.75, 3.05) is 0 Å². The third-order valence-electron chi connectivity index (χ3n) is 4.65. The highest BCUT2D eigenvalue weighted by Crippen LogP contribution is 2.59. The van der Waals surface area contributed by atoms with E-state index in [1.165, 1.54) is 32.1 Å². The lowest BCUT2D eigenvalue weighted by Gasteiger charge is -2.58. The van der Waals surface area contributed by atoms with Crippen molar-refractivity contribution in [2.24, 2.45) is 28.9 Å². The summed E-state index contributed by atoms with van der Waals surface area (Å²) >= 11 is 0. The van der Waals surface area contributed by atoms with Crippen LogP contribution in [0.2, 0.25) is 0 Å². The normalized spacial score (nSPS) is 62.5. The van der Waals surface area contributed by atoms with Crippen LogP contribution in [0.1, 0.15) is 39.0 Å². The number of hydrogen-bond donors (Lipinski definition) is 1. The second-order valence-corrected chi connectivity index (χ2v) is 5.86. The molecule has 0 aromatic rings. The van der Waals surface area contributed by atoms with Crippen molar-refractivity contribution < 1.29 is 0 Å². The molecule has 68 valence electrons. The van der Waals surface area contributed by atoms with E-state index in [2.05, 4.69) is 6.92 Å². The van der Waals surface area contributed by atoms with Crippen LogP contribution >= 0.6 is 0 Å². The summed E-state index contributed by atoms with van der Waals surface area (Å²) in [6, 6.07) is 0.564. The fourth-order valence-electron chi connectivity index (χ4n) is 4.47. The first kappa shape index (κ1) is 7.37. The van der Waals surface area contributed by atoms with Gasteiger partial charge in [0.05, 0.1) is 0 Å². The smallest absolute Gasteiger partial charge is 0.00962 e. The van der Waals surface area contributed by atoms with Crippen LogP contribution in [0.4, 0.5) is 0 Å². The molecule has 1 heteroatoms. The molecule has 4 saturated carbocycles. The Morgan fingerprint density at radius 2 is 1.67 bits per heavy atom. The third-order valence-corrected chi connectivity index (χ3v) is 4.65. The summed E-state index contributed by atoms with van der Waals surface area (Å²) in [7, 11) is 0. The summed E-state index contributed by atoms with van der Waals surface area (Å²) in [4.78, 5) is 0. The van der Waals surface area contributed by atoms with Crippen LogP contribution in [0.25, 0.3) is 0 Å². The van der Waals surface area contributed by atoms with Gasteiger partial charge >= 0.3 is 0 Å². The molecule has 4 aliphatic rings. The first-order valence-corrected chi connectivity index (χ1v) is 5.42. The molecular weight excluding hydrogens is 146 g/mol. The lowest BCUT2D eigenvalue weighted by Crippen LogP contribution is -2.55. The van der Waals surface area contributed by atoms with Crippen LogP contribution in [0.5, 0.6) is 0 Å². The molecule has 0 heterocycles. The van der Waals surface area contributed by atoms with Gasteiger partial charge in [0, 0.05) is 6.04 Å². The van der Waals surface area contributed by atoms with Crippen molar-refractivity contribution in [3.8, 4) is 0 Å². The lowest BCUT2D eigenvalue weighted by molar-refractivity contribution is -0.0561. The zero-order chi connectivity index (χ0) is 8.34. The summed E-state index contributed by atoms with van der Waals surface area (Å²) in [5, 5.41) is 0. The minimum atomic E-state index is 0.564. The van der Waals surface area contributed by atoms with Crippen molar-refractivity contribution in [3.05, 3.63) is 0 Å². The van der Waals surface area contributed by atoms with E-state index in [1.54, 1.807) is 0 Å². The fraction of sp³-hybridized carbons (Fsp3) is 1.00. The monoisotopic (exact) mass is 165 g/mol. The van der Waals surface area contributed by atoms with E-state index in [4.69, 9.17) is 5.73 Å². The van der Waals surface area contributed by atoms with Gasteiger partial charge in [0.25, 0.3) is 0 Å². The summed E-state index contributed by atoms with van der Waals surface area (Å²) in [5.41, 5.74) is 6.93. The van der Waals surface area contributed by atoms with Crippen molar-refractivity contribution in [1.82, 2.24) is 0 Å². The van der Waals surface area contributed by atoms with Crippen molar-refractivity contribution >= 4 is 0 Å². The molecule has 12 heavy (non-hydrogen) atoms. The standard InChI is InChI=1S/C11H19N/c1-11-4-7-2-8(5-11)10(12)9(3-7)6-11/h7-10H,2-6,12H2,1H3/t7?,8?,9?,10-,11-. The largest absolute Gasteiger partial charge is 0.327 e. The summed E-state index contributed by atoms with van der Waals surface area (Å²) in [5.74, 6) is 2.83. The molecule has 4 rings (SSSR count). The molecule has 0 saturated heterocycles. The number of rotatable bonds is 0. The minimum Gasteiger partial charge on any atom is -0.327 e. The highest BCUT2D eigenvalue weighted by atomic mass is 14.7. The van der Waals surface area contributed by atoms with Gasteiger partial charge in [-0.15, -0.1) is 0 Å². The molecule has 0 aliphatic heterocycles. The first-order chi connectivity index (χ1) is 5.66. The predicted molar refractivity (Wildman–Crippen MR) is 49.6 cm³/mol. The van der Waals surface area contributed by atoms with Crippen LogP contribution in [-0.4, -0.2) is 6.04 Å². The SMILES string of the molecule is C[C@]12CC3CC(C1)[C@H](N)C(C3)C2. The molecule has 2 N–H and O–H groups in total. The highest BCUT2D eigenvalue weighted by molar-refractivity contribution is 5.04. The van der Waals surface area contributed by atoms with Crippen LogP contribution in [0, 0.1) is 23.2 Å². The van der Waals surface area contributed by atoms with Crippen LogP contribution in [0.15, 0.2) is 0 Å². The Labute approximate surface area is 74.7 Å². The van der Waals surface area contributed by atoms with E-state index in [9.17, 15) is 0 Å². The quantitative estimate of drug-likeness (QED) is 0.585. The maximum Gasteiger partial charge on any atom is 0.00962 e. The van der Waals surface area contributed by atoms with Crippen LogP contribution < -0.4 is 5.73 Å². The Hall–Kier alpha value is -0.0400. The minimum absolute atomic E-state index is 0.564. The molecule has 4 bridgehead atoms. The second kappa shape index (κ2) is 2.06. The van der Waals surface area contributed by atoms with Gasteiger partial charge in [0.2, 0.25) is 0 Å². The molecule has 0 radical (unpaired) electrons. The van der Waals surface area contributed by atoms with E-state index >= 15 is 0 Å². The van der Waals surface area contributed by atoms with Gasteiger partial charge in [-0.25, -0.2) is 0 Å². The van der Waals surface area contributed by atoms with E-state index in [0.717, 1.165) is 17.8 Å². The predicted octanol–water partition coefficient (Wildman–Crippen LogP) is 2.16. The van der Waals surface area contributed by atoms with E-state index in [-0.39, 0.29) is 0 Å². The van der Waals surface area contributed by atoms with Crippen molar-refractivity contribution in [2.45, 2.75) is 45.1 Å². The Balaban J connectivity index is 1.95. The maximum absolute atomic E-state index is 6.23. The van der Waals surface area contributed by atoms with E-state index in [0.29, 0.717) is 11.5 Å². The Bertz CT molecular complexity index is 195. The third kappa shape index (κ3) is 0.834. The average Bonchev–Trinajstić information content (AvgIpc) is 1.96. The second-order valence-electron chi connectivity index (χ2n) is 5.86. The number of hydrogen-bond acceptors (Lipinski definition) is 1. The van der Waals surface area contributed by atoms with Crippen LogP contribution in [-0.2, 0) is 0 Å². The average molecular weight is 165 g/mol. The van der Waals surface area contributed by atoms with Gasteiger partial charge < -0.3 is 5.73 Å². The lowest BCUT2D eigenvalue weighted by atomic mass is 9.49. The van der Waals surface area contributed by atoms with Crippen molar-refractivity contribution in [3.63, 3.8) is 0 Å². The molecule has 1 nitrogen and oxygen atoms in total. The zero-order valence-corrected chi connectivity index (χ0v) is 7.92. The molecule has 0 aromatic carbocycles. The van der Waals surface area contributed by atoms with Crippen LogP contribution in [0.3, 0.4) is 0 Å². The Morgan fingerprint density at radius 3 is 2.17 bits per heavy atom. The highest BCUT2D eigenvalue weighted by Gasteiger charge is 2.51. The van der Waals surface area contributed by atoms with Gasteiger partial charge in [-0.05, 0) is 55.3 Å². The topological polar surface area (TPSA) is 26.0 Å². The summed E-state index contributed by atoms with van der Waals surface area (Å²) in [6.45, 7) is 2.49. The van der Waals surface area contributed by atoms with E-state index in [1.807, 2.05) is 0 Å². The van der Waals surface area contributed by atoms with E-state index < -0.39 is 0 Å². The molecule has 4 fully saturated rings. The zero-order valence-electron chi connectivity index (χ0n) is 7.92. The molecule has 2 atom stereocenters.